The fraction of sp³-hybridized carbons (Fsp3) is 0.273. The number of nitrogens with zero attached hydrogens (tertiary/aromatic N) is 4. The van der Waals surface area contributed by atoms with Crippen molar-refractivity contribution in [3.05, 3.63) is 71.0 Å². The van der Waals surface area contributed by atoms with E-state index in [1.165, 1.54) is 4.90 Å². The van der Waals surface area contributed by atoms with Gasteiger partial charge in [0, 0.05) is 6.54 Å². The molecule has 0 bridgehead atoms. The van der Waals surface area contributed by atoms with E-state index >= 15 is 0 Å². The summed E-state index contributed by atoms with van der Waals surface area (Å²) in [5, 5.41) is 0. The normalized spacial score (nSPS) is 13.6. The van der Waals surface area contributed by atoms with Crippen LogP contribution in [0, 0.1) is 0 Å². The number of carbonyl (C=O) groups excluding carboxylic acids is 2. The molecule has 0 spiro atoms. The molecule has 6 nitrogen and oxygen atoms in total. The number of aromatic nitrogens is 2. The van der Waals surface area contributed by atoms with Crippen LogP contribution in [0.3, 0.4) is 0 Å². The molecule has 0 saturated heterocycles. The standard InChI is InChI=1S/C22H22N4O2/c1-3-25(4-2)13-19-20(24-18-12-8-7-11-17(18)23-19)14-26-21(27)15-9-5-6-10-16(15)22(26)28/h5-12H,3-4,13-14H2,1-2H3. The van der Waals surface area contributed by atoms with Crippen molar-refractivity contribution in [1.82, 2.24) is 19.8 Å². The van der Waals surface area contributed by atoms with E-state index in [9.17, 15) is 9.59 Å². The fourth-order valence-corrected chi connectivity index (χ4v) is 3.52. The molecular weight excluding hydrogens is 352 g/mol. The molecule has 6 heteroatoms. The van der Waals surface area contributed by atoms with Crippen molar-refractivity contribution in [2.24, 2.45) is 0 Å². The zero-order valence-corrected chi connectivity index (χ0v) is 16.1. The molecule has 1 aromatic heterocycles. The molecular formula is C22H22N4O2. The maximum absolute atomic E-state index is 12.8. The lowest BCUT2D eigenvalue weighted by Crippen LogP contribution is -2.31. The summed E-state index contributed by atoms with van der Waals surface area (Å²) in [6.45, 7) is 6.72. The third-order valence-corrected chi connectivity index (χ3v) is 5.18. The van der Waals surface area contributed by atoms with Gasteiger partial charge in [-0.1, -0.05) is 38.1 Å². The summed E-state index contributed by atoms with van der Waals surface area (Å²) >= 11 is 0. The molecule has 4 rings (SSSR count). The zero-order chi connectivity index (χ0) is 19.7. The lowest BCUT2D eigenvalue weighted by Gasteiger charge is -2.21. The van der Waals surface area contributed by atoms with Crippen LogP contribution in [-0.4, -0.2) is 44.7 Å². The topological polar surface area (TPSA) is 66.4 Å². The van der Waals surface area contributed by atoms with Crippen LogP contribution < -0.4 is 0 Å². The summed E-state index contributed by atoms with van der Waals surface area (Å²) < 4.78 is 0. The van der Waals surface area contributed by atoms with Gasteiger partial charge in [-0.05, 0) is 37.4 Å². The lowest BCUT2D eigenvalue weighted by molar-refractivity contribution is 0.0639. The summed E-state index contributed by atoms with van der Waals surface area (Å²) in [5.74, 6) is -0.548. The first-order valence-corrected chi connectivity index (χ1v) is 9.54. The van der Waals surface area contributed by atoms with Gasteiger partial charge in [0.2, 0.25) is 0 Å². The van der Waals surface area contributed by atoms with Gasteiger partial charge in [0.15, 0.2) is 0 Å². The predicted octanol–water partition coefficient (Wildman–Crippen LogP) is 3.27. The van der Waals surface area contributed by atoms with E-state index in [-0.39, 0.29) is 18.4 Å². The molecule has 3 aromatic rings. The van der Waals surface area contributed by atoms with Crippen molar-refractivity contribution in [2.75, 3.05) is 13.1 Å². The summed E-state index contributed by atoms with van der Waals surface area (Å²) in [4.78, 5) is 38.6. The van der Waals surface area contributed by atoms with Gasteiger partial charge in [0.05, 0.1) is 40.1 Å². The Kier molecular flexibility index (Phi) is 4.88. The van der Waals surface area contributed by atoms with Crippen LogP contribution in [0.2, 0.25) is 0 Å². The number of amides is 2. The molecule has 2 aromatic carbocycles. The van der Waals surface area contributed by atoms with Crippen molar-refractivity contribution in [3.63, 3.8) is 0 Å². The Morgan fingerprint density at radius 1 is 0.786 bits per heavy atom. The number of hydrogen-bond donors (Lipinski definition) is 0. The molecule has 1 aliphatic heterocycles. The van der Waals surface area contributed by atoms with E-state index in [0.717, 1.165) is 29.8 Å². The van der Waals surface area contributed by atoms with Gasteiger partial charge in [-0.15, -0.1) is 0 Å². The van der Waals surface area contributed by atoms with E-state index in [0.29, 0.717) is 23.4 Å². The van der Waals surface area contributed by atoms with Gasteiger partial charge in [-0.3, -0.25) is 19.4 Å². The number of hydrogen-bond acceptors (Lipinski definition) is 5. The molecule has 2 heterocycles. The number of fused-ring (bicyclic) bond motifs is 2. The Bertz CT molecular complexity index is 1020. The number of benzene rings is 2. The molecule has 1 aliphatic rings. The van der Waals surface area contributed by atoms with E-state index in [1.54, 1.807) is 24.3 Å². The highest BCUT2D eigenvalue weighted by Gasteiger charge is 2.35. The molecule has 0 atom stereocenters. The minimum Gasteiger partial charge on any atom is -0.298 e. The molecule has 142 valence electrons. The highest BCUT2D eigenvalue weighted by atomic mass is 16.2. The van der Waals surface area contributed by atoms with Crippen molar-refractivity contribution in [3.8, 4) is 0 Å². The number of para-hydroxylation sites is 2. The Morgan fingerprint density at radius 2 is 1.29 bits per heavy atom. The van der Waals surface area contributed by atoms with Crippen molar-refractivity contribution >= 4 is 22.8 Å². The molecule has 0 fully saturated rings. The van der Waals surface area contributed by atoms with Gasteiger partial charge in [0.1, 0.15) is 0 Å². The summed E-state index contributed by atoms with van der Waals surface area (Å²) in [7, 11) is 0. The minimum absolute atomic E-state index is 0.126. The fourth-order valence-electron chi connectivity index (χ4n) is 3.52. The van der Waals surface area contributed by atoms with Crippen molar-refractivity contribution in [1.29, 1.82) is 0 Å². The van der Waals surface area contributed by atoms with Gasteiger partial charge < -0.3 is 0 Å². The van der Waals surface area contributed by atoms with Gasteiger partial charge in [-0.2, -0.15) is 0 Å². The molecule has 0 radical (unpaired) electrons. The smallest absolute Gasteiger partial charge is 0.261 e. The van der Waals surface area contributed by atoms with Crippen LogP contribution in [-0.2, 0) is 13.1 Å². The second kappa shape index (κ2) is 7.48. The zero-order valence-electron chi connectivity index (χ0n) is 16.1. The molecule has 0 saturated carbocycles. The van der Waals surface area contributed by atoms with Crippen LogP contribution in [0.4, 0.5) is 0 Å². The third kappa shape index (κ3) is 3.16. The van der Waals surface area contributed by atoms with Gasteiger partial charge in [0.25, 0.3) is 11.8 Å². The highest BCUT2D eigenvalue weighted by Crippen LogP contribution is 2.25. The predicted molar refractivity (Wildman–Crippen MR) is 107 cm³/mol. The summed E-state index contributed by atoms with van der Waals surface area (Å²) in [6, 6.07) is 14.6. The monoisotopic (exact) mass is 374 g/mol. The molecule has 0 N–H and O–H groups in total. The second-order valence-electron chi connectivity index (χ2n) is 6.81. The first kappa shape index (κ1) is 18.3. The number of rotatable bonds is 6. The SMILES string of the molecule is CCN(CC)Cc1nc2ccccc2nc1CN1C(=O)c2ccccc2C1=O. The average Bonchev–Trinajstić information content (AvgIpc) is 2.97. The highest BCUT2D eigenvalue weighted by molar-refractivity contribution is 6.21. The average molecular weight is 374 g/mol. The lowest BCUT2D eigenvalue weighted by atomic mass is 10.1. The van der Waals surface area contributed by atoms with E-state index in [2.05, 4.69) is 18.7 Å². The van der Waals surface area contributed by atoms with Crippen LogP contribution in [0.5, 0.6) is 0 Å². The molecule has 0 aliphatic carbocycles. The molecule has 0 unspecified atom stereocenters. The Labute approximate surface area is 163 Å². The maximum atomic E-state index is 12.8. The van der Waals surface area contributed by atoms with Gasteiger partial charge in [-0.25, -0.2) is 9.97 Å². The molecule has 2 amide bonds. The third-order valence-electron chi connectivity index (χ3n) is 5.18. The van der Waals surface area contributed by atoms with Crippen molar-refractivity contribution < 1.29 is 9.59 Å². The Hall–Kier alpha value is -3.12. The van der Waals surface area contributed by atoms with Gasteiger partial charge >= 0.3 is 0 Å². The van der Waals surface area contributed by atoms with Crippen LogP contribution >= 0.6 is 0 Å². The number of carbonyl (C=O) groups is 2. The Morgan fingerprint density at radius 3 is 1.82 bits per heavy atom. The first-order valence-electron chi connectivity index (χ1n) is 9.54. The van der Waals surface area contributed by atoms with E-state index < -0.39 is 0 Å². The number of imide groups is 1. The Balaban J connectivity index is 1.73. The van der Waals surface area contributed by atoms with Crippen LogP contribution in [0.1, 0.15) is 46.0 Å². The quantitative estimate of drug-likeness (QED) is 0.620. The van der Waals surface area contributed by atoms with Crippen LogP contribution in [0.15, 0.2) is 48.5 Å². The molecule has 28 heavy (non-hydrogen) atoms. The maximum Gasteiger partial charge on any atom is 0.261 e. The van der Waals surface area contributed by atoms with E-state index in [4.69, 9.17) is 9.97 Å². The first-order chi connectivity index (χ1) is 13.6. The van der Waals surface area contributed by atoms with E-state index in [1.807, 2.05) is 24.3 Å². The van der Waals surface area contributed by atoms with Crippen LogP contribution in [0.25, 0.3) is 11.0 Å². The summed E-state index contributed by atoms with van der Waals surface area (Å²) in [5.41, 5.74) is 3.95. The second-order valence-corrected chi connectivity index (χ2v) is 6.81. The summed E-state index contributed by atoms with van der Waals surface area (Å²) in [6.07, 6.45) is 0. The largest absolute Gasteiger partial charge is 0.298 e. The van der Waals surface area contributed by atoms with Crippen molar-refractivity contribution in [2.45, 2.75) is 26.9 Å². The minimum atomic E-state index is -0.274.